The SMILES string of the molecule is CC#CC(=O)NCC(C)CNC(=O)OC(C)(C)C. The molecule has 1 unspecified atom stereocenters. The fraction of sp³-hybridized carbons (Fsp3) is 0.692. The largest absolute Gasteiger partial charge is 0.444 e. The van der Waals surface area contributed by atoms with E-state index < -0.39 is 11.7 Å². The normalized spacial score (nSPS) is 11.8. The van der Waals surface area contributed by atoms with Crippen LogP contribution in [-0.2, 0) is 9.53 Å². The van der Waals surface area contributed by atoms with E-state index in [-0.39, 0.29) is 11.8 Å². The standard InChI is InChI=1S/C13H22N2O3/c1-6-7-11(16)14-8-10(2)9-15-12(17)18-13(3,4)5/h10H,8-9H2,1-5H3,(H,14,16)(H,15,17). The van der Waals surface area contributed by atoms with Crippen LogP contribution in [0.4, 0.5) is 4.79 Å². The second-order valence-corrected chi connectivity index (χ2v) is 5.07. The molecule has 0 aliphatic carbocycles. The Balaban J connectivity index is 3.82. The van der Waals surface area contributed by atoms with Crippen molar-refractivity contribution in [3.05, 3.63) is 0 Å². The van der Waals surface area contributed by atoms with Crippen LogP contribution in [0.15, 0.2) is 0 Å². The zero-order valence-corrected chi connectivity index (χ0v) is 11.7. The molecule has 5 heteroatoms. The number of rotatable bonds is 4. The van der Waals surface area contributed by atoms with E-state index in [2.05, 4.69) is 22.5 Å². The summed E-state index contributed by atoms with van der Waals surface area (Å²) in [5.41, 5.74) is -0.502. The van der Waals surface area contributed by atoms with Crippen LogP contribution >= 0.6 is 0 Å². The van der Waals surface area contributed by atoms with Gasteiger partial charge in [-0.1, -0.05) is 12.8 Å². The molecule has 1 atom stereocenters. The zero-order chi connectivity index (χ0) is 14.2. The number of carbonyl (C=O) groups excluding carboxylic acids is 2. The molecule has 18 heavy (non-hydrogen) atoms. The maximum atomic E-state index is 11.4. The van der Waals surface area contributed by atoms with Gasteiger partial charge in [-0.05, 0) is 39.5 Å². The van der Waals surface area contributed by atoms with Gasteiger partial charge in [-0.25, -0.2) is 4.79 Å². The fourth-order valence-corrected chi connectivity index (χ4v) is 1.07. The Kier molecular flexibility index (Phi) is 6.88. The van der Waals surface area contributed by atoms with Crippen LogP contribution in [0.1, 0.15) is 34.6 Å². The number of ether oxygens (including phenoxy) is 1. The Labute approximate surface area is 109 Å². The molecule has 0 saturated heterocycles. The van der Waals surface area contributed by atoms with Gasteiger partial charge in [-0.15, -0.1) is 0 Å². The van der Waals surface area contributed by atoms with Crippen molar-refractivity contribution in [3.8, 4) is 11.8 Å². The molecule has 102 valence electrons. The monoisotopic (exact) mass is 254 g/mol. The quantitative estimate of drug-likeness (QED) is 0.743. The highest BCUT2D eigenvalue weighted by molar-refractivity contribution is 5.93. The molecule has 0 heterocycles. The van der Waals surface area contributed by atoms with Crippen molar-refractivity contribution in [2.24, 2.45) is 5.92 Å². The Morgan fingerprint density at radius 2 is 1.78 bits per heavy atom. The molecule has 2 N–H and O–H groups in total. The maximum Gasteiger partial charge on any atom is 0.407 e. The molecule has 0 bridgehead atoms. The highest BCUT2D eigenvalue weighted by Gasteiger charge is 2.16. The van der Waals surface area contributed by atoms with Crippen LogP contribution in [0.2, 0.25) is 0 Å². The van der Waals surface area contributed by atoms with E-state index in [0.717, 1.165) is 0 Å². The average molecular weight is 254 g/mol. The van der Waals surface area contributed by atoms with Gasteiger partial charge < -0.3 is 15.4 Å². The minimum Gasteiger partial charge on any atom is -0.444 e. The maximum absolute atomic E-state index is 11.4. The summed E-state index contributed by atoms with van der Waals surface area (Å²) >= 11 is 0. The summed E-state index contributed by atoms with van der Waals surface area (Å²) in [4.78, 5) is 22.4. The Hall–Kier alpha value is -1.70. The van der Waals surface area contributed by atoms with Gasteiger partial charge in [0.2, 0.25) is 0 Å². The average Bonchev–Trinajstić information content (AvgIpc) is 2.21. The van der Waals surface area contributed by atoms with Gasteiger partial charge in [0.25, 0.3) is 5.91 Å². The van der Waals surface area contributed by atoms with Crippen molar-refractivity contribution < 1.29 is 14.3 Å². The summed E-state index contributed by atoms with van der Waals surface area (Å²) in [6.45, 7) is 9.83. The van der Waals surface area contributed by atoms with Gasteiger partial charge in [0.05, 0.1) is 0 Å². The molecule has 0 fully saturated rings. The molecule has 0 aliphatic heterocycles. The van der Waals surface area contributed by atoms with E-state index in [4.69, 9.17) is 4.74 Å². The van der Waals surface area contributed by atoms with Crippen molar-refractivity contribution in [3.63, 3.8) is 0 Å². The molecule has 0 aromatic carbocycles. The van der Waals surface area contributed by atoms with Gasteiger partial charge in [0.15, 0.2) is 0 Å². The molecule has 0 spiro atoms. The molecule has 0 saturated carbocycles. The molecule has 0 radical (unpaired) electrons. The van der Waals surface area contributed by atoms with E-state index in [1.54, 1.807) is 27.7 Å². The van der Waals surface area contributed by atoms with Crippen LogP contribution in [0, 0.1) is 17.8 Å². The third kappa shape index (κ3) is 9.52. The van der Waals surface area contributed by atoms with E-state index in [1.165, 1.54) is 0 Å². The van der Waals surface area contributed by atoms with Crippen molar-refractivity contribution in [2.45, 2.75) is 40.2 Å². The number of alkyl carbamates (subject to hydrolysis) is 1. The minimum atomic E-state index is -0.502. The summed E-state index contributed by atoms with van der Waals surface area (Å²) in [5, 5.41) is 5.30. The summed E-state index contributed by atoms with van der Waals surface area (Å²) in [6, 6.07) is 0. The van der Waals surface area contributed by atoms with Gasteiger partial charge >= 0.3 is 6.09 Å². The fourth-order valence-electron chi connectivity index (χ4n) is 1.07. The van der Waals surface area contributed by atoms with Crippen molar-refractivity contribution in [1.82, 2.24) is 10.6 Å². The number of hydrogen-bond acceptors (Lipinski definition) is 3. The molecule has 2 amide bonds. The summed E-state index contributed by atoms with van der Waals surface area (Å²) in [7, 11) is 0. The molecule has 5 nitrogen and oxygen atoms in total. The molecule has 0 rings (SSSR count). The second kappa shape index (κ2) is 7.59. The molecule has 0 aliphatic rings. The lowest BCUT2D eigenvalue weighted by Gasteiger charge is -2.20. The lowest BCUT2D eigenvalue weighted by Crippen LogP contribution is -2.37. The van der Waals surface area contributed by atoms with E-state index in [0.29, 0.717) is 13.1 Å². The predicted molar refractivity (Wildman–Crippen MR) is 69.9 cm³/mol. The number of amides is 2. The van der Waals surface area contributed by atoms with Crippen molar-refractivity contribution in [1.29, 1.82) is 0 Å². The van der Waals surface area contributed by atoms with Gasteiger partial charge in [-0.3, -0.25) is 4.79 Å². The Morgan fingerprint density at radius 3 is 2.28 bits per heavy atom. The molecule has 0 aromatic heterocycles. The van der Waals surface area contributed by atoms with Crippen LogP contribution in [0.3, 0.4) is 0 Å². The highest BCUT2D eigenvalue weighted by Crippen LogP contribution is 2.06. The first-order chi connectivity index (χ1) is 8.24. The van der Waals surface area contributed by atoms with Gasteiger partial charge in [0.1, 0.15) is 5.60 Å². The summed E-state index contributed by atoms with van der Waals surface area (Å²) in [6.07, 6.45) is -0.450. The molecule has 0 aromatic rings. The lowest BCUT2D eigenvalue weighted by molar-refractivity contribution is -0.115. The number of nitrogens with one attached hydrogen (secondary N) is 2. The topological polar surface area (TPSA) is 67.4 Å². The first-order valence-electron chi connectivity index (χ1n) is 5.92. The predicted octanol–water partition coefficient (Wildman–Crippen LogP) is 1.29. The number of carbonyl (C=O) groups is 2. The molecular formula is C13H22N2O3. The summed E-state index contributed by atoms with van der Waals surface area (Å²) in [5.74, 6) is 4.71. The zero-order valence-electron chi connectivity index (χ0n) is 11.7. The van der Waals surface area contributed by atoms with E-state index in [1.807, 2.05) is 6.92 Å². The van der Waals surface area contributed by atoms with Crippen LogP contribution in [0.5, 0.6) is 0 Å². The smallest absolute Gasteiger partial charge is 0.407 e. The third-order valence-corrected chi connectivity index (χ3v) is 1.84. The second-order valence-electron chi connectivity index (χ2n) is 5.07. The Bertz CT molecular complexity index is 347. The third-order valence-electron chi connectivity index (χ3n) is 1.84. The first kappa shape index (κ1) is 16.3. The Morgan fingerprint density at radius 1 is 1.22 bits per heavy atom. The van der Waals surface area contributed by atoms with Crippen LogP contribution in [-0.4, -0.2) is 30.7 Å². The minimum absolute atomic E-state index is 0.111. The van der Waals surface area contributed by atoms with E-state index >= 15 is 0 Å². The summed E-state index contributed by atoms with van der Waals surface area (Å²) < 4.78 is 5.09. The van der Waals surface area contributed by atoms with Gasteiger partial charge in [-0.2, -0.15) is 0 Å². The van der Waals surface area contributed by atoms with Crippen molar-refractivity contribution >= 4 is 12.0 Å². The van der Waals surface area contributed by atoms with Gasteiger partial charge in [0, 0.05) is 13.1 Å². The van der Waals surface area contributed by atoms with Crippen LogP contribution < -0.4 is 10.6 Å². The number of hydrogen-bond donors (Lipinski definition) is 2. The highest BCUT2D eigenvalue weighted by atomic mass is 16.6. The van der Waals surface area contributed by atoms with Crippen LogP contribution in [0.25, 0.3) is 0 Å². The molecular weight excluding hydrogens is 232 g/mol. The first-order valence-corrected chi connectivity index (χ1v) is 5.92. The lowest BCUT2D eigenvalue weighted by atomic mass is 10.2. The van der Waals surface area contributed by atoms with E-state index in [9.17, 15) is 9.59 Å². The van der Waals surface area contributed by atoms with Crippen molar-refractivity contribution in [2.75, 3.05) is 13.1 Å².